The number of carbonyl (C=O) groups excluding carboxylic acids is 1. The molecule has 0 spiro atoms. The van der Waals surface area contributed by atoms with Crippen LogP contribution in [0.15, 0.2) is 12.1 Å². The number of rotatable bonds is 4. The van der Waals surface area contributed by atoms with Crippen LogP contribution in [-0.2, 0) is 0 Å². The van der Waals surface area contributed by atoms with Gasteiger partial charge in [-0.15, -0.1) is 0 Å². The molecule has 0 heterocycles. The number of hydrogen-bond acceptors (Lipinski definition) is 2. The van der Waals surface area contributed by atoms with Crippen LogP contribution in [0.1, 0.15) is 48.2 Å². The average molecular weight is 232 g/mol. The van der Waals surface area contributed by atoms with E-state index in [9.17, 15) is 4.79 Å². The molecule has 92 valence electrons. The molecular formula is C15H20O2. The van der Waals surface area contributed by atoms with Gasteiger partial charge in [-0.25, -0.2) is 0 Å². The Morgan fingerprint density at radius 1 is 1.24 bits per heavy atom. The Bertz CT molecular complexity index is 419. The summed E-state index contributed by atoms with van der Waals surface area (Å²) in [5.41, 5.74) is 2.98. The molecule has 2 nitrogen and oxygen atoms in total. The third-order valence-corrected chi connectivity index (χ3v) is 3.07. The van der Waals surface area contributed by atoms with Crippen molar-refractivity contribution in [1.82, 2.24) is 0 Å². The first-order chi connectivity index (χ1) is 7.99. The van der Waals surface area contributed by atoms with Crippen LogP contribution in [0, 0.1) is 19.8 Å². The Balaban J connectivity index is 2.31. The van der Waals surface area contributed by atoms with E-state index in [1.807, 2.05) is 39.8 Å². The summed E-state index contributed by atoms with van der Waals surface area (Å²) in [5.74, 6) is 1.46. The predicted molar refractivity (Wildman–Crippen MR) is 68.7 cm³/mol. The van der Waals surface area contributed by atoms with Crippen molar-refractivity contribution in [2.24, 2.45) is 5.92 Å². The van der Waals surface area contributed by atoms with E-state index >= 15 is 0 Å². The molecule has 0 radical (unpaired) electrons. The third-order valence-electron chi connectivity index (χ3n) is 3.07. The van der Waals surface area contributed by atoms with Crippen LogP contribution in [-0.4, -0.2) is 11.9 Å². The molecule has 17 heavy (non-hydrogen) atoms. The van der Waals surface area contributed by atoms with Crippen molar-refractivity contribution in [3.8, 4) is 5.75 Å². The molecule has 0 bridgehead atoms. The summed E-state index contributed by atoms with van der Waals surface area (Å²) in [4.78, 5) is 12.1. The number of ether oxygens (including phenoxy) is 1. The molecule has 2 heteroatoms. The molecule has 1 aromatic carbocycles. The molecule has 1 fully saturated rings. The van der Waals surface area contributed by atoms with Crippen LogP contribution in [0.3, 0.4) is 0 Å². The molecule has 0 saturated heterocycles. The quantitative estimate of drug-likeness (QED) is 0.740. The van der Waals surface area contributed by atoms with Crippen LogP contribution in [0.2, 0.25) is 0 Å². The fourth-order valence-corrected chi connectivity index (χ4v) is 2.20. The zero-order chi connectivity index (χ0) is 12.6. The maximum Gasteiger partial charge on any atom is 0.166 e. The van der Waals surface area contributed by atoms with Crippen molar-refractivity contribution in [2.45, 2.75) is 46.6 Å². The summed E-state index contributed by atoms with van der Waals surface area (Å²) in [7, 11) is 0. The fraction of sp³-hybridized carbons (Fsp3) is 0.533. The van der Waals surface area contributed by atoms with Gasteiger partial charge in [-0.05, 0) is 63.8 Å². The van der Waals surface area contributed by atoms with Gasteiger partial charge >= 0.3 is 0 Å². The second-order valence-electron chi connectivity index (χ2n) is 5.24. The lowest BCUT2D eigenvalue weighted by molar-refractivity contribution is 0.0966. The number of carbonyl (C=O) groups is 1. The molecular weight excluding hydrogens is 212 g/mol. The highest BCUT2D eigenvalue weighted by Gasteiger charge is 2.32. The highest BCUT2D eigenvalue weighted by atomic mass is 16.5. The molecule has 1 aliphatic carbocycles. The minimum Gasteiger partial charge on any atom is -0.491 e. The zero-order valence-corrected chi connectivity index (χ0v) is 11.0. The second kappa shape index (κ2) is 4.52. The Labute approximate surface area is 103 Å². The number of ketones is 1. The molecule has 0 atom stereocenters. The average Bonchev–Trinajstić information content (AvgIpc) is 2.97. The number of benzene rings is 1. The summed E-state index contributed by atoms with van der Waals surface area (Å²) in [5, 5.41) is 0. The van der Waals surface area contributed by atoms with Gasteiger partial charge < -0.3 is 4.74 Å². The molecule has 0 N–H and O–H groups in total. The molecule has 0 aromatic heterocycles. The lowest BCUT2D eigenvalue weighted by Gasteiger charge is -2.14. The summed E-state index contributed by atoms with van der Waals surface area (Å²) in [6.07, 6.45) is 2.28. The lowest BCUT2D eigenvalue weighted by atomic mass is 9.96. The molecule has 0 amide bonds. The summed E-state index contributed by atoms with van der Waals surface area (Å²) in [6, 6.07) is 3.95. The van der Waals surface area contributed by atoms with Gasteiger partial charge in [0.1, 0.15) is 5.75 Å². The first kappa shape index (κ1) is 12.2. The lowest BCUT2D eigenvalue weighted by Crippen LogP contribution is -2.09. The second-order valence-corrected chi connectivity index (χ2v) is 5.24. The summed E-state index contributed by atoms with van der Waals surface area (Å²) >= 11 is 0. The number of hydrogen-bond donors (Lipinski definition) is 0. The van der Waals surface area contributed by atoms with Crippen molar-refractivity contribution in [3.63, 3.8) is 0 Å². The number of aryl methyl sites for hydroxylation is 2. The van der Waals surface area contributed by atoms with Crippen LogP contribution in [0.25, 0.3) is 0 Å². The van der Waals surface area contributed by atoms with Gasteiger partial charge in [0.05, 0.1) is 6.10 Å². The van der Waals surface area contributed by atoms with E-state index in [1.165, 1.54) is 0 Å². The van der Waals surface area contributed by atoms with Gasteiger partial charge in [-0.1, -0.05) is 0 Å². The largest absolute Gasteiger partial charge is 0.491 e. The van der Waals surface area contributed by atoms with Gasteiger partial charge in [-0.3, -0.25) is 4.79 Å². The van der Waals surface area contributed by atoms with Crippen molar-refractivity contribution < 1.29 is 9.53 Å². The molecule has 0 aliphatic heterocycles. The molecule has 1 saturated carbocycles. The minimum absolute atomic E-state index is 0.166. The monoisotopic (exact) mass is 232 g/mol. The molecule has 1 aliphatic rings. The van der Waals surface area contributed by atoms with Crippen LogP contribution in [0.5, 0.6) is 5.75 Å². The standard InChI is InChI=1S/C15H20O2/c1-9(2)17-13-7-10(3)14(11(4)8-13)15(16)12-5-6-12/h7-9,12H,5-6H2,1-4H3. The van der Waals surface area contributed by atoms with E-state index in [2.05, 4.69) is 0 Å². The highest BCUT2D eigenvalue weighted by molar-refractivity contribution is 6.01. The van der Waals surface area contributed by atoms with Crippen LogP contribution >= 0.6 is 0 Å². The molecule has 0 unspecified atom stereocenters. The Morgan fingerprint density at radius 2 is 1.76 bits per heavy atom. The van der Waals surface area contributed by atoms with Crippen molar-refractivity contribution in [3.05, 3.63) is 28.8 Å². The van der Waals surface area contributed by atoms with E-state index in [1.54, 1.807) is 0 Å². The third kappa shape index (κ3) is 2.68. The van der Waals surface area contributed by atoms with E-state index in [4.69, 9.17) is 4.74 Å². The zero-order valence-electron chi connectivity index (χ0n) is 11.0. The van der Waals surface area contributed by atoms with Crippen molar-refractivity contribution >= 4 is 5.78 Å². The maximum atomic E-state index is 12.1. The predicted octanol–water partition coefficient (Wildman–Crippen LogP) is 3.68. The van der Waals surface area contributed by atoms with E-state index in [-0.39, 0.29) is 12.0 Å². The first-order valence-electron chi connectivity index (χ1n) is 6.31. The van der Waals surface area contributed by atoms with Gasteiger partial charge in [0.25, 0.3) is 0 Å². The molecule has 1 aromatic rings. The van der Waals surface area contributed by atoms with Crippen LogP contribution in [0.4, 0.5) is 0 Å². The Kier molecular flexibility index (Phi) is 3.23. The smallest absolute Gasteiger partial charge is 0.166 e. The summed E-state index contributed by atoms with van der Waals surface area (Å²) in [6.45, 7) is 8.01. The molecule has 2 rings (SSSR count). The minimum atomic E-state index is 0.166. The maximum absolute atomic E-state index is 12.1. The van der Waals surface area contributed by atoms with Crippen LogP contribution < -0.4 is 4.74 Å². The fourth-order valence-electron chi connectivity index (χ4n) is 2.20. The van der Waals surface area contributed by atoms with Gasteiger partial charge in [-0.2, -0.15) is 0 Å². The Morgan fingerprint density at radius 3 is 2.18 bits per heavy atom. The van der Waals surface area contributed by atoms with Crippen molar-refractivity contribution in [1.29, 1.82) is 0 Å². The van der Waals surface area contributed by atoms with E-state index in [0.29, 0.717) is 5.78 Å². The highest BCUT2D eigenvalue weighted by Crippen LogP contribution is 2.35. The summed E-state index contributed by atoms with van der Waals surface area (Å²) < 4.78 is 5.68. The van der Waals surface area contributed by atoms with Gasteiger partial charge in [0, 0.05) is 11.5 Å². The SMILES string of the molecule is Cc1cc(OC(C)C)cc(C)c1C(=O)C1CC1. The van der Waals surface area contributed by atoms with Gasteiger partial charge in [0.2, 0.25) is 0 Å². The Hall–Kier alpha value is -1.31. The normalized spacial score (nSPS) is 15.1. The van der Waals surface area contributed by atoms with Crippen molar-refractivity contribution in [2.75, 3.05) is 0 Å². The van der Waals surface area contributed by atoms with Gasteiger partial charge in [0.15, 0.2) is 5.78 Å². The number of Topliss-reactive ketones (excluding diaryl/α,β-unsaturated/α-hetero) is 1. The topological polar surface area (TPSA) is 26.3 Å². The van der Waals surface area contributed by atoms with E-state index in [0.717, 1.165) is 35.3 Å². The first-order valence-corrected chi connectivity index (χ1v) is 6.31. The van der Waals surface area contributed by atoms with E-state index < -0.39 is 0 Å².